The molecule has 2 atom stereocenters. The summed E-state index contributed by atoms with van der Waals surface area (Å²) >= 11 is 6.24. The summed E-state index contributed by atoms with van der Waals surface area (Å²) in [6.07, 6.45) is 2.15. The van der Waals surface area contributed by atoms with Crippen molar-refractivity contribution in [1.82, 2.24) is 4.90 Å². The molecule has 2 nitrogen and oxygen atoms in total. The lowest BCUT2D eigenvalue weighted by atomic mass is 9.95. The molecule has 0 bridgehead atoms. The summed E-state index contributed by atoms with van der Waals surface area (Å²) in [5.74, 6) is 0. The zero-order chi connectivity index (χ0) is 13.8. The molecular formula is C15H25ClN2. The molecule has 0 amide bonds. The maximum absolute atomic E-state index is 6.31. The Bertz CT molecular complexity index is 377. The summed E-state index contributed by atoms with van der Waals surface area (Å²) in [5.41, 5.74) is 7.33. The molecule has 0 fully saturated rings. The maximum Gasteiger partial charge on any atom is 0.0453 e. The summed E-state index contributed by atoms with van der Waals surface area (Å²) in [7, 11) is 2.11. The number of nitrogens with zero attached hydrogens (tertiary/aromatic N) is 1. The van der Waals surface area contributed by atoms with Gasteiger partial charge in [-0.15, -0.1) is 0 Å². The van der Waals surface area contributed by atoms with E-state index in [0.29, 0.717) is 0 Å². The number of halogens is 1. The van der Waals surface area contributed by atoms with Gasteiger partial charge in [0.1, 0.15) is 0 Å². The van der Waals surface area contributed by atoms with Crippen LogP contribution in [0.2, 0.25) is 5.02 Å². The van der Waals surface area contributed by atoms with Crippen molar-refractivity contribution >= 4 is 11.6 Å². The Morgan fingerprint density at radius 2 is 2.00 bits per heavy atom. The second-order valence-corrected chi connectivity index (χ2v) is 5.92. The molecule has 1 aromatic rings. The quantitative estimate of drug-likeness (QED) is 0.849. The van der Waals surface area contributed by atoms with Crippen LogP contribution in [-0.4, -0.2) is 24.0 Å². The van der Waals surface area contributed by atoms with Crippen LogP contribution in [0.25, 0.3) is 0 Å². The normalized spacial score (nSPS) is 16.6. The highest BCUT2D eigenvalue weighted by atomic mass is 35.5. The van der Waals surface area contributed by atoms with E-state index in [1.807, 2.05) is 18.2 Å². The minimum atomic E-state index is -0.140. The van der Waals surface area contributed by atoms with E-state index in [0.717, 1.165) is 30.0 Å². The average Bonchev–Trinajstić information content (AvgIpc) is 2.28. The molecule has 1 aromatic carbocycles. The number of benzene rings is 1. The summed E-state index contributed by atoms with van der Waals surface area (Å²) in [4.78, 5) is 2.27. The molecule has 0 aliphatic rings. The van der Waals surface area contributed by atoms with E-state index in [-0.39, 0.29) is 11.6 Å². The van der Waals surface area contributed by atoms with Gasteiger partial charge in [0, 0.05) is 23.1 Å². The molecule has 3 heteroatoms. The first-order chi connectivity index (χ1) is 8.37. The molecule has 0 saturated heterocycles. The zero-order valence-corrected chi connectivity index (χ0v) is 12.7. The molecular weight excluding hydrogens is 244 g/mol. The van der Waals surface area contributed by atoms with Crippen LogP contribution >= 0.6 is 11.6 Å². The van der Waals surface area contributed by atoms with Crippen LogP contribution in [0.1, 0.15) is 45.2 Å². The highest BCUT2D eigenvalue weighted by Crippen LogP contribution is 2.27. The predicted molar refractivity (Wildman–Crippen MR) is 80.0 cm³/mol. The van der Waals surface area contributed by atoms with Crippen molar-refractivity contribution in [3.8, 4) is 0 Å². The summed E-state index contributed by atoms with van der Waals surface area (Å²) in [6, 6.07) is 8.28. The fraction of sp³-hybridized carbons (Fsp3) is 0.600. The molecule has 0 spiro atoms. The van der Waals surface area contributed by atoms with Gasteiger partial charge < -0.3 is 5.73 Å². The van der Waals surface area contributed by atoms with Crippen molar-refractivity contribution < 1.29 is 0 Å². The third-order valence-corrected chi connectivity index (χ3v) is 3.79. The van der Waals surface area contributed by atoms with Crippen LogP contribution in [0.3, 0.4) is 0 Å². The summed E-state index contributed by atoms with van der Waals surface area (Å²) in [5, 5.41) is 0.825. The van der Waals surface area contributed by atoms with Gasteiger partial charge in [0.05, 0.1) is 0 Å². The molecule has 2 N–H and O–H groups in total. The topological polar surface area (TPSA) is 29.3 Å². The first-order valence-corrected chi connectivity index (χ1v) is 6.98. The molecule has 18 heavy (non-hydrogen) atoms. The van der Waals surface area contributed by atoms with Crippen molar-refractivity contribution in [1.29, 1.82) is 0 Å². The van der Waals surface area contributed by atoms with Gasteiger partial charge in [-0.05, 0) is 38.9 Å². The van der Waals surface area contributed by atoms with Gasteiger partial charge in [-0.2, -0.15) is 0 Å². The third kappa shape index (κ3) is 4.27. The van der Waals surface area contributed by atoms with Crippen molar-refractivity contribution in [2.24, 2.45) is 5.73 Å². The third-order valence-electron chi connectivity index (χ3n) is 3.45. The van der Waals surface area contributed by atoms with Gasteiger partial charge >= 0.3 is 0 Å². The number of rotatable bonds is 6. The van der Waals surface area contributed by atoms with E-state index in [4.69, 9.17) is 17.3 Å². The van der Waals surface area contributed by atoms with Crippen molar-refractivity contribution in [3.05, 3.63) is 34.9 Å². The van der Waals surface area contributed by atoms with Crippen LogP contribution in [0.5, 0.6) is 0 Å². The zero-order valence-electron chi connectivity index (χ0n) is 11.9. The van der Waals surface area contributed by atoms with E-state index >= 15 is 0 Å². The highest BCUT2D eigenvalue weighted by molar-refractivity contribution is 6.31. The minimum absolute atomic E-state index is 0.140. The van der Waals surface area contributed by atoms with Gasteiger partial charge in [0.2, 0.25) is 0 Å². The lowest BCUT2D eigenvalue weighted by molar-refractivity contribution is 0.199. The minimum Gasteiger partial charge on any atom is -0.324 e. The summed E-state index contributed by atoms with van der Waals surface area (Å²) < 4.78 is 0. The number of hydrogen-bond donors (Lipinski definition) is 1. The number of hydrogen-bond acceptors (Lipinski definition) is 2. The Morgan fingerprint density at radius 1 is 1.39 bits per heavy atom. The highest BCUT2D eigenvalue weighted by Gasteiger charge is 2.23. The molecule has 102 valence electrons. The van der Waals surface area contributed by atoms with Gasteiger partial charge in [0.15, 0.2) is 0 Å². The van der Waals surface area contributed by atoms with Crippen LogP contribution in [-0.2, 0) is 0 Å². The summed E-state index contributed by atoms with van der Waals surface area (Å²) in [6.45, 7) is 7.32. The monoisotopic (exact) mass is 268 g/mol. The second-order valence-electron chi connectivity index (χ2n) is 5.52. The van der Waals surface area contributed by atoms with Gasteiger partial charge in [-0.3, -0.25) is 4.90 Å². The fourth-order valence-corrected chi connectivity index (χ4v) is 2.70. The van der Waals surface area contributed by atoms with Crippen molar-refractivity contribution in [3.63, 3.8) is 0 Å². The van der Waals surface area contributed by atoms with E-state index < -0.39 is 0 Å². The lowest BCUT2D eigenvalue weighted by Crippen LogP contribution is -2.47. The second kappa shape index (κ2) is 6.55. The van der Waals surface area contributed by atoms with Gasteiger partial charge in [-0.1, -0.05) is 43.1 Å². The largest absolute Gasteiger partial charge is 0.324 e. The Morgan fingerprint density at radius 3 is 2.56 bits per heavy atom. The van der Waals surface area contributed by atoms with Crippen LogP contribution in [0.15, 0.2) is 24.3 Å². The maximum atomic E-state index is 6.31. The standard InChI is InChI=1S/C15H25ClN2/c1-5-10-15(3,17)11-18(4)12(2)13-8-6-7-9-14(13)16/h6-9,12H,5,10-11,17H2,1-4H3. The molecule has 0 aliphatic heterocycles. The molecule has 0 aromatic heterocycles. The first kappa shape index (κ1) is 15.5. The van der Waals surface area contributed by atoms with E-state index in [1.54, 1.807) is 0 Å². The number of nitrogens with two attached hydrogens (primary N) is 1. The van der Waals surface area contributed by atoms with E-state index in [1.165, 1.54) is 0 Å². The molecule has 0 saturated carbocycles. The molecule has 1 rings (SSSR count). The van der Waals surface area contributed by atoms with Gasteiger partial charge in [0.25, 0.3) is 0 Å². The Balaban J connectivity index is 2.73. The van der Waals surface area contributed by atoms with Crippen LogP contribution in [0.4, 0.5) is 0 Å². The lowest BCUT2D eigenvalue weighted by Gasteiger charge is -2.34. The number of likely N-dealkylation sites (N-methyl/N-ethyl adjacent to an activating group) is 1. The smallest absolute Gasteiger partial charge is 0.0453 e. The fourth-order valence-electron chi connectivity index (χ4n) is 2.41. The van der Waals surface area contributed by atoms with Crippen LogP contribution in [0, 0.1) is 0 Å². The Kier molecular flexibility index (Phi) is 5.64. The predicted octanol–water partition coefficient (Wildman–Crippen LogP) is 3.85. The van der Waals surface area contributed by atoms with Crippen LogP contribution < -0.4 is 5.73 Å². The molecule has 0 aliphatic carbocycles. The first-order valence-electron chi connectivity index (χ1n) is 6.61. The average molecular weight is 269 g/mol. The van der Waals surface area contributed by atoms with E-state index in [9.17, 15) is 0 Å². The SMILES string of the molecule is CCCC(C)(N)CN(C)C(C)c1ccccc1Cl. The van der Waals surface area contributed by atoms with Gasteiger partial charge in [-0.25, -0.2) is 0 Å². The van der Waals surface area contributed by atoms with Crippen molar-refractivity contribution in [2.45, 2.75) is 45.2 Å². The molecule has 0 radical (unpaired) electrons. The Labute approximate surface area is 116 Å². The van der Waals surface area contributed by atoms with E-state index in [2.05, 4.69) is 38.8 Å². The van der Waals surface area contributed by atoms with Crippen molar-refractivity contribution in [2.75, 3.05) is 13.6 Å². The molecule has 2 unspecified atom stereocenters. The molecule has 0 heterocycles. The Hall–Kier alpha value is -0.570.